The van der Waals surface area contributed by atoms with Gasteiger partial charge in [-0.15, -0.1) is 24.8 Å². The molecule has 3 rings (SSSR count). The lowest BCUT2D eigenvalue weighted by Crippen LogP contribution is -2.51. The third-order valence-electron chi connectivity index (χ3n) is 4.76. The van der Waals surface area contributed by atoms with E-state index in [1.807, 2.05) is 36.1 Å². The second-order valence-corrected chi connectivity index (χ2v) is 6.83. The van der Waals surface area contributed by atoms with Crippen LogP contribution >= 0.6 is 24.8 Å². The van der Waals surface area contributed by atoms with E-state index in [1.54, 1.807) is 12.5 Å². The Morgan fingerprint density at radius 2 is 1.89 bits per heavy atom. The highest BCUT2D eigenvalue weighted by Gasteiger charge is 2.26. The molecule has 7 nitrogen and oxygen atoms in total. The van der Waals surface area contributed by atoms with Gasteiger partial charge in [-0.1, -0.05) is 17.7 Å². The zero-order valence-corrected chi connectivity index (χ0v) is 17.4. The second kappa shape index (κ2) is 11.0. The average molecular weight is 428 g/mol. The van der Waals surface area contributed by atoms with Crippen LogP contribution in [0.15, 0.2) is 36.8 Å². The van der Waals surface area contributed by atoms with Gasteiger partial charge in [0, 0.05) is 43.0 Å². The number of rotatable bonds is 5. The number of amides is 2. The van der Waals surface area contributed by atoms with Crippen molar-refractivity contribution in [2.24, 2.45) is 5.73 Å². The minimum atomic E-state index is -0.609. The molecule has 1 aromatic heterocycles. The molecule has 0 spiro atoms. The summed E-state index contributed by atoms with van der Waals surface area (Å²) in [6, 6.07) is 7.06. The molecule has 1 saturated heterocycles. The Morgan fingerprint density at radius 3 is 2.46 bits per heavy atom. The fraction of sp³-hybridized carbons (Fsp3) is 0.421. The molecular formula is C19H27Cl2N5O2. The van der Waals surface area contributed by atoms with Gasteiger partial charge in [-0.2, -0.15) is 0 Å². The summed E-state index contributed by atoms with van der Waals surface area (Å²) in [5.74, 6) is -0.117. The van der Waals surface area contributed by atoms with Crippen LogP contribution in [0.3, 0.4) is 0 Å². The predicted molar refractivity (Wildman–Crippen MR) is 113 cm³/mol. The summed E-state index contributed by atoms with van der Waals surface area (Å²) < 4.78 is 0. The number of nitrogens with zero attached hydrogens (tertiary/aromatic N) is 2. The van der Waals surface area contributed by atoms with Crippen LogP contribution in [0.5, 0.6) is 0 Å². The van der Waals surface area contributed by atoms with E-state index in [4.69, 9.17) is 5.73 Å². The molecule has 2 heterocycles. The van der Waals surface area contributed by atoms with Crippen LogP contribution in [0.2, 0.25) is 0 Å². The number of carbonyl (C=O) groups is 2. The Balaban J connectivity index is 0.00000196. The van der Waals surface area contributed by atoms with Crippen LogP contribution in [-0.2, 0) is 11.2 Å². The summed E-state index contributed by atoms with van der Waals surface area (Å²) >= 11 is 0. The predicted octanol–water partition coefficient (Wildman–Crippen LogP) is 1.85. The highest BCUT2D eigenvalue weighted by molar-refractivity contribution is 5.94. The largest absolute Gasteiger partial charge is 0.352 e. The van der Waals surface area contributed by atoms with Crippen LogP contribution in [0.4, 0.5) is 0 Å². The van der Waals surface area contributed by atoms with Gasteiger partial charge in [-0.05, 0) is 31.9 Å². The number of hydrogen-bond acceptors (Lipinski definition) is 4. The van der Waals surface area contributed by atoms with E-state index in [-0.39, 0.29) is 42.7 Å². The van der Waals surface area contributed by atoms with Crippen molar-refractivity contribution < 1.29 is 9.59 Å². The van der Waals surface area contributed by atoms with E-state index in [2.05, 4.69) is 15.3 Å². The summed E-state index contributed by atoms with van der Waals surface area (Å²) in [6.45, 7) is 3.26. The SMILES string of the molecule is Cc1ccc(C(=O)N2CCC(NC(=O)[C@@H](N)Cc3cnc[nH]3)CC2)cc1.Cl.Cl. The van der Waals surface area contributed by atoms with Gasteiger partial charge < -0.3 is 20.9 Å². The summed E-state index contributed by atoms with van der Waals surface area (Å²) in [6.07, 6.45) is 5.14. The average Bonchev–Trinajstić information content (AvgIpc) is 3.15. The zero-order valence-electron chi connectivity index (χ0n) is 15.8. The Morgan fingerprint density at radius 1 is 1.25 bits per heavy atom. The monoisotopic (exact) mass is 427 g/mol. The Hall–Kier alpha value is -2.09. The van der Waals surface area contributed by atoms with E-state index in [0.717, 1.165) is 24.1 Å². The Labute approximate surface area is 177 Å². The van der Waals surface area contributed by atoms with Crippen LogP contribution in [0.1, 0.15) is 34.5 Å². The second-order valence-electron chi connectivity index (χ2n) is 6.83. The maximum Gasteiger partial charge on any atom is 0.253 e. The lowest BCUT2D eigenvalue weighted by Gasteiger charge is -2.33. The van der Waals surface area contributed by atoms with E-state index in [9.17, 15) is 9.59 Å². The number of likely N-dealkylation sites (tertiary alicyclic amines) is 1. The molecule has 154 valence electrons. The number of aromatic nitrogens is 2. The van der Waals surface area contributed by atoms with Crippen molar-refractivity contribution in [3.63, 3.8) is 0 Å². The van der Waals surface area contributed by atoms with Gasteiger partial charge in [-0.25, -0.2) is 4.98 Å². The quantitative estimate of drug-likeness (QED) is 0.676. The molecule has 1 aliphatic rings. The lowest BCUT2D eigenvalue weighted by atomic mass is 10.0. The van der Waals surface area contributed by atoms with Gasteiger partial charge in [0.05, 0.1) is 12.4 Å². The van der Waals surface area contributed by atoms with Gasteiger partial charge in [0.1, 0.15) is 0 Å². The summed E-state index contributed by atoms with van der Waals surface area (Å²) in [5.41, 5.74) is 8.65. The molecule has 1 aliphatic heterocycles. The van der Waals surface area contributed by atoms with E-state index in [0.29, 0.717) is 25.1 Å². The summed E-state index contributed by atoms with van der Waals surface area (Å²) in [7, 11) is 0. The van der Waals surface area contributed by atoms with Gasteiger partial charge in [-0.3, -0.25) is 9.59 Å². The van der Waals surface area contributed by atoms with Gasteiger partial charge >= 0.3 is 0 Å². The lowest BCUT2D eigenvalue weighted by molar-refractivity contribution is -0.123. The first-order valence-electron chi connectivity index (χ1n) is 8.92. The van der Waals surface area contributed by atoms with Crippen LogP contribution in [-0.4, -0.2) is 51.9 Å². The molecule has 1 aromatic carbocycles. The number of nitrogens with one attached hydrogen (secondary N) is 2. The van der Waals surface area contributed by atoms with Gasteiger partial charge in [0.2, 0.25) is 5.91 Å². The minimum absolute atomic E-state index is 0. The van der Waals surface area contributed by atoms with Gasteiger partial charge in [0.15, 0.2) is 0 Å². The number of H-pyrrole nitrogens is 1. The van der Waals surface area contributed by atoms with Crippen molar-refractivity contribution in [2.45, 2.75) is 38.3 Å². The molecule has 2 aromatic rings. The van der Waals surface area contributed by atoms with Crippen molar-refractivity contribution in [1.82, 2.24) is 20.2 Å². The smallest absolute Gasteiger partial charge is 0.253 e. The highest BCUT2D eigenvalue weighted by Crippen LogP contribution is 2.15. The third kappa shape index (κ3) is 6.22. The van der Waals surface area contributed by atoms with E-state index in [1.165, 1.54) is 0 Å². The normalized spacial score (nSPS) is 15.1. The fourth-order valence-electron chi connectivity index (χ4n) is 3.14. The number of piperidine rings is 1. The zero-order chi connectivity index (χ0) is 18.5. The Bertz CT molecular complexity index is 744. The van der Waals surface area contributed by atoms with Crippen LogP contribution < -0.4 is 11.1 Å². The standard InChI is InChI=1S/C19H25N5O2.2ClH/c1-13-2-4-14(5-3-13)19(26)24-8-6-15(7-9-24)23-18(25)17(20)10-16-11-21-12-22-16;;/h2-5,11-12,15,17H,6-10,20H2,1H3,(H,21,22)(H,23,25);2*1H/t17-;;/m0../s1. The number of carbonyl (C=O) groups excluding carboxylic acids is 2. The van der Waals surface area contributed by atoms with E-state index < -0.39 is 6.04 Å². The Kier molecular flexibility index (Phi) is 9.45. The first-order valence-corrected chi connectivity index (χ1v) is 8.92. The number of nitrogens with two attached hydrogens (primary N) is 1. The molecule has 4 N–H and O–H groups in total. The molecule has 0 aliphatic carbocycles. The van der Waals surface area contributed by atoms with Crippen molar-refractivity contribution in [2.75, 3.05) is 13.1 Å². The molecule has 2 amide bonds. The van der Waals surface area contributed by atoms with Crippen molar-refractivity contribution in [3.05, 3.63) is 53.6 Å². The van der Waals surface area contributed by atoms with Crippen molar-refractivity contribution >= 4 is 36.6 Å². The topological polar surface area (TPSA) is 104 Å². The molecule has 28 heavy (non-hydrogen) atoms. The third-order valence-corrected chi connectivity index (χ3v) is 4.76. The molecule has 9 heteroatoms. The van der Waals surface area contributed by atoms with Gasteiger partial charge in [0.25, 0.3) is 5.91 Å². The molecule has 0 saturated carbocycles. The molecule has 1 fully saturated rings. The van der Waals surface area contributed by atoms with Crippen molar-refractivity contribution in [1.29, 1.82) is 0 Å². The molecular weight excluding hydrogens is 401 g/mol. The number of aryl methyl sites for hydroxylation is 1. The molecule has 0 bridgehead atoms. The molecule has 0 unspecified atom stereocenters. The maximum absolute atomic E-state index is 12.5. The summed E-state index contributed by atoms with van der Waals surface area (Å²) in [5, 5.41) is 3.00. The first kappa shape index (κ1) is 23.9. The number of hydrogen-bond donors (Lipinski definition) is 3. The number of benzene rings is 1. The van der Waals surface area contributed by atoms with Crippen LogP contribution in [0.25, 0.3) is 0 Å². The molecule has 1 atom stereocenters. The summed E-state index contributed by atoms with van der Waals surface area (Å²) in [4.78, 5) is 33.5. The minimum Gasteiger partial charge on any atom is -0.352 e. The maximum atomic E-state index is 12.5. The fourth-order valence-corrected chi connectivity index (χ4v) is 3.14. The number of imidazole rings is 1. The highest BCUT2D eigenvalue weighted by atomic mass is 35.5. The first-order chi connectivity index (χ1) is 12.5. The van der Waals surface area contributed by atoms with Crippen molar-refractivity contribution in [3.8, 4) is 0 Å². The molecule has 0 radical (unpaired) electrons. The van der Waals surface area contributed by atoms with E-state index >= 15 is 0 Å². The van der Waals surface area contributed by atoms with Crippen LogP contribution in [0, 0.1) is 6.92 Å². The number of halogens is 2. The number of aromatic amines is 1.